The maximum absolute atomic E-state index is 13.7. The number of halogens is 1. The van der Waals surface area contributed by atoms with Gasteiger partial charge in [-0.15, -0.1) is 0 Å². The summed E-state index contributed by atoms with van der Waals surface area (Å²) in [5.74, 6) is -0.701. The highest BCUT2D eigenvalue weighted by Gasteiger charge is 2.44. The molecule has 3 rings (SSSR count). The van der Waals surface area contributed by atoms with Gasteiger partial charge in [-0.3, -0.25) is 9.10 Å². The number of hydrogen-bond donors (Lipinski definition) is 0. The molecule has 0 aliphatic carbocycles. The third-order valence-corrected chi connectivity index (χ3v) is 5.96. The van der Waals surface area contributed by atoms with Crippen molar-refractivity contribution in [2.75, 3.05) is 18.5 Å². The van der Waals surface area contributed by atoms with Gasteiger partial charge in [-0.1, -0.05) is 6.07 Å². The molecule has 2 aromatic carbocycles. The van der Waals surface area contributed by atoms with Crippen LogP contribution in [0, 0.1) is 5.82 Å². The first-order chi connectivity index (χ1) is 11.9. The number of sulfonamides is 1. The highest BCUT2D eigenvalue weighted by atomic mass is 32.2. The fourth-order valence-corrected chi connectivity index (χ4v) is 4.77. The van der Waals surface area contributed by atoms with Crippen LogP contribution in [0.25, 0.3) is 0 Å². The third kappa shape index (κ3) is 2.93. The van der Waals surface area contributed by atoms with Crippen molar-refractivity contribution in [2.24, 2.45) is 0 Å². The molecule has 0 saturated carbocycles. The Balaban J connectivity index is 2.19. The summed E-state index contributed by atoms with van der Waals surface area (Å²) >= 11 is 0. The van der Waals surface area contributed by atoms with Gasteiger partial charge in [0.1, 0.15) is 11.6 Å². The smallest absolute Gasteiger partial charge is 0.307 e. The van der Waals surface area contributed by atoms with E-state index in [9.17, 15) is 17.6 Å². The summed E-state index contributed by atoms with van der Waals surface area (Å²) in [7, 11) is -1.26. The molecule has 0 fully saturated rings. The molecule has 1 aliphatic rings. The fourth-order valence-electron chi connectivity index (χ4n) is 2.91. The first-order valence-corrected chi connectivity index (χ1v) is 8.87. The van der Waals surface area contributed by atoms with E-state index in [4.69, 9.17) is 4.74 Å². The summed E-state index contributed by atoms with van der Waals surface area (Å²) in [6.45, 7) is 0. The van der Waals surface area contributed by atoms with Crippen LogP contribution in [-0.2, 0) is 19.6 Å². The Morgan fingerprint density at radius 2 is 1.96 bits per heavy atom. The minimum atomic E-state index is -3.94. The van der Waals surface area contributed by atoms with Gasteiger partial charge in [-0.05, 0) is 35.9 Å². The summed E-state index contributed by atoms with van der Waals surface area (Å²) < 4.78 is 50.6. The second kappa shape index (κ2) is 6.36. The third-order valence-electron chi connectivity index (χ3n) is 4.05. The van der Waals surface area contributed by atoms with E-state index in [1.54, 1.807) is 24.3 Å². The molecule has 0 N–H and O–H groups in total. The molecule has 8 heteroatoms. The molecule has 0 bridgehead atoms. The Bertz CT molecular complexity index is 928. The number of hydrogen-bond acceptors (Lipinski definition) is 5. The minimum absolute atomic E-state index is 0.0226. The largest absolute Gasteiger partial charge is 0.497 e. The maximum atomic E-state index is 13.7. The molecule has 0 radical (unpaired) electrons. The van der Waals surface area contributed by atoms with Gasteiger partial charge in [0, 0.05) is 6.07 Å². The van der Waals surface area contributed by atoms with E-state index in [-0.39, 0.29) is 16.9 Å². The Morgan fingerprint density at radius 3 is 2.64 bits per heavy atom. The van der Waals surface area contributed by atoms with Crippen LogP contribution in [0.5, 0.6) is 5.75 Å². The average Bonchev–Trinajstić information content (AvgIpc) is 2.81. The van der Waals surface area contributed by atoms with Gasteiger partial charge >= 0.3 is 5.97 Å². The van der Waals surface area contributed by atoms with Crippen molar-refractivity contribution in [2.45, 2.75) is 17.4 Å². The number of methoxy groups -OCH3 is 2. The molecule has 2 aromatic rings. The van der Waals surface area contributed by atoms with Crippen molar-refractivity contribution < 1.29 is 27.1 Å². The van der Waals surface area contributed by atoms with E-state index in [2.05, 4.69) is 4.74 Å². The summed E-state index contributed by atoms with van der Waals surface area (Å²) in [6.07, 6.45) is -0.233. The van der Waals surface area contributed by atoms with Crippen LogP contribution in [-0.4, -0.2) is 28.6 Å². The molecule has 1 aliphatic heterocycles. The van der Waals surface area contributed by atoms with Crippen LogP contribution in [0.1, 0.15) is 18.0 Å². The number of fused-ring (bicyclic) bond motifs is 1. The van der Waals surface area contributed by atoms with Gasteiger partial charge < -0.3 is 9.47 Å². The lowest BCUT2D eigenvalue weighted by atomic mass is 10.0. The van der Waals surface area contributed by atoms with Crippen LogP contribution in [0.15, 0.2) is 47.4 Å². The van der Waals surface area contributed by atoms with Crippen molar-refractivity contribution in [1.82, 2.24) is 0 Å². The normalized spacial score (nSPS) is 17.9. The Kier molecular flexibility index (Phi) is 4.38. The molecule has 25 heavy (non-hydrogen) atoms. The Morgan fingerprint density at radius 1 is 1.20 bits per heavy atom. The number of ether oxygens (including phenoxy) is 2. The number of rotatable bonds is 4. The predicted octanol–water partition coefficient (Wildman–Crippen LogP) is 2.65. The quantitative estimate of drug-likeness (QED) is 0.779. The Hall–Kier alpha value is -2.61. The second-order valence-electron chi connectivity index (χ2n) is 5.48. The molecule has 6 nitrogen and oxygen atoms in total. The van der Waals surface area contributed by atoms with E-state index in [1.165, 1.54) is 20.3 Å². The molecular weight excluding hydrogens is 349 g/mol. The number of anilines is 1. The van der Waals surface area contributed by atoms with Gasteiger partial charge in [0.05, 0.1) is 37.3 Å². The molecule has 132 valence electrons. The van der Waals surface area contributed by atoms with Crippen LogP contribution in [0.4, 0.5) is 10.1 Å². The van der Waals surface area contributed by atoms with Gasteiger partial charge in [0.15, 0.2) is 0 Å². The highest BCUT2D eigenvalue weighted by molar-refractivity contribution is 7.93. The predicted molar refractivity (Wildman–Crippen MR) is 88.4 cm³/mol. The van der Waals surface area contributed by atoms with Gasteiger partial charge in [-0.25, -0.2) is 12.8 Å². The average molecular weight is 365 g/mol. The SMILES string of the molecule is COC(=O)C[C@H]1c2cc(F)ccc2S(=O)(=O)N1c1cccc(OC)c1. The molecule has 0 spiro atoms. The lowest BCUT2D eigenvalue weighted by Crippen LogP contribution is -2.29. The molecule has 1 heterocycles. The van der Waals surface area contributed by atoms with Crippen LogP contribution < -0.4 is 9.04 Å². The first kappa shape index (κ1) is 17.2. The number of benzene rings is 2. The van der Waals surface area contributed by atoms with Gasteiger partial charge in [0.25, 0.3) is 10.0 Å². The topological polar surface area (TPSA) is 72.9 Å². The van der Waals surface area contributed by atoms with E-state index in [1.807, 2.05) is 0 Å². The number of carbonyl (C=O) groups is 1. The summed E-state index contributed by atoms with van der Waals surface area (Å²) in [6, 6.07) is 8.99. The van der Waals surface area contributed by atoms with Crippen molar-refractivity contribution in [1.29, 1.82) is 0 Å². The molecular formula is C17H16FNO5S. The second-order valence-corrected chi connectivity index (χ2v) is 7.26. The standard InChI is InChI=1S/C17H16FNO5S/c1-23-13-5-3-4-12(9-13)19-15(10-17(20)24-2)14-8-11(18)6-7-16(14)25(19,21)22/h3-9,15H,10H2,1-2H3/t15-/m0/s1. The van der Waals surface area contributed by atoms with Crippen molar-refractivity contribution >= 4 is 21.7 Å². The zero-order valence-electron chi connectivity index (χ0n) is 13.6. The number of nitrogens with zero attached hydrogens (tertiary/aromatic N) is 1. The minimum Gasteiger partial charge on any atom is -0.497 e. The van der Waals surface area contributed by atoms with E-state index in [0.717, 1.165) is 16.4 Å². The molecule has 0 aromatic heterocycles. The first-order valence-electron chi connectivity index (χ1n) is 7.43. The van der Waals surface area contributed by atoms with Crippen molar-refractivity contribution in [3.8, 4) is 5.75 Å². The van der Waals surface area contributed by atoms with E-state index in [0.29, 0.717) is 11.4 Å². The van der Waals surface area contributed by atoms with Crippen LogP contribution in [0.3, 0.4) is 0 Å². The van der Waals surface area contributed by atoms with Gasteiger partial charge in [-0.2, -0.15) is 0 Å². The fraction of sp³-hybridized carbons (Fsp3) is 0.235. The number of carbonyl (C=O) groups excluding carboxylic acids is 1. The lowest BCUT2D eigenvalue weighted by Gasteiger charge is -2.25. The summed E-state index contributed by atoms with van der Waals surface area (Å²) in [5.41, 5.74) is 0.554. The highest BCUT2D eigenvalue weighted by Crippen LogP contribution is 2.45. The monoisotopic (exact) mass is 365 g/mol. The molecule has 0 saturated heterocycles. The number of esters is 1. The summed E-state index contributed by atoms with van der Waals surface area (Å²) in [4.78, 5) is 11.8. The zero-order valence-corrected chi connectivity index (χ0v) is 14.4. The van der Waals surface area contributed by atoms with Crippen molar-refractivity contribution in [3.63, 3.8) is 0 Å². The zero-order chi connectivity index (χ0) is 18.2. The van der Waals surface area contributed by atoms with Gasteiger partial charge in [0.2, 0.25) is 0 Å². The molecule has 1 atom stereocenters. The van der Waals surface area contributed by atoms with E-state index >= 15 is 0 Å². The Labute approximate surface area is 144 Å². The van der Waals surface area contributed by atoms with Crippen molar-refractivity contribution in [3.05, 3.63) is 53.8 Å². The van der Waals surface area contributed by atoms with Crippen LogP contribution in [0.2, 0.25) is 0 Å². The summed E-state index contributed by atoms with van der Waals surface area (Å²) in [5, 5.41) is 0. The lowest BCUT2D eigenvalue weighted by molar-refractivity contribution is -0.141. The maximum Gasteiger partial charge on any atom is 0.307 e. The van der Waals surface area contributed by atoms with E-state index < -0.39 is 27.9 Å². The van der Waals surface area contributed by atoms with Crippen LogP contribution >= 0.6 is 0 Å². The molecule has 0 amide bonds. The molecule has 0 unspecified atom stereocenters.